The van der Waals surface area contributed by atoms with Gasteiger partial charge in [-0.3, -0.25) is 9.48 Å². The molecule has 1 aliphatic heterocycles. The Morgan fingerprint density at radius 3 is 2.57 bits per heavy atom. The number of amides is 1. The van der Waals surface area contributed by atoms with Crippen LogP contribution in [0.5, 0.6) is 5.75 Å². The average molecular weight is 286 g/mol. The van der Waals surface area contributed by atoms with Gasteiger partial charge in [-0.25, -0.2) is 0 Å². The summed E-state index contributed by atoms with van der Waals surface area (Å²) in [5.41, 5.74) is 7.36. The van der Waals surface area contributed by atoms with Gasteiger partial charge in [0.25, 0.3) is 5.91 Å². The highest BCUT2D eigenvalue weighted by atomic mass is 16.5. The molecule has 0 saturated carbocycles. The second-order valence-electron chi connectivity index (χ2n) is 5.74. The van der Waals surface area contributed by atoms with Gasteiger partial charge in [0.15, 0.2) is 5.60 Å². The van der Waals surface area contributed by atoms with Crippen molar-refractivity contribution in [2.75, 3.05) is 17.7 Å². The van der Waals surface area contributed by atoms with Crippen LogP contribution >= 0.6 is 0 Å². The Hall–Kier alpha value is -2.50. The van der Waals surface area contributed by atoms with Crippen LogP contribution in [-0.2, 0) is 11.8 Å². The molecule has 2 aromatic rings. The molecule has 6 heteroatoms. The molecule has 1 amide bonds. The molecule has 21 heavy (non-hydrogen) atoms. The van der Waals surface area contributed by atoms with Crippen molar-refractivity contribution in [3.63, 3.8) is 0 Å². The Labute approximate surface area is 123 Å². The van der Waals surface area contributed by atoms with Crippen molar-refractivity contribution in [3.05, 3.63) is 24.3 Å². The summed E-state index contributed by atoms with van der Waals surface area (Å²) in [7, 11) is 3.54. The maximum absolute atomic E-state index is 12.3. The lowest BCUT2D eigenvalue weighted by Gasteiger charge is -2.37. The third-order valence-corrected chi connectivity index (χ3v) is 3.72. The molecule has 0 unspecified atom stereocenters. The lowest BCUT2D eigenvalue weighted by molar-refractivity contribution is -0.132. The predicted octanol–water partition coefficient (Wildman–Crippen LogP) is 1.80. The van der Waals surface area contributed by atoms with Gasteiger partial charge < -0.3 is 15.4 Å². The van der Waals surface area contributed by atoms with Crippen LogP contribution < -0.4 is 15.4 Å². The van der Waals surface area contributed by atoms with Crippen LogP contribution in [0.4, 0.5) is 11.5 Å². The minimum absolute atomic E-state index is 0.0762. The molecule has 0 atom stereocenters. The summed E-state index contributed by atoms with van der Waals surface area (Å²) in [5.74, 6) is 1.20. The van der Waals surface area contributed by atoms with E-state index in [0.717, 1.165) is 16.9 Å². The molecule has 0 fully saturated rings. The topological polar surface area (TPSA) is 73.4 Å². The van der Waals surface area contributed by atoms with Crippen LogP contribution in [0.2, 0.25) is 0 Å². The summed E-state index contributed by atoms with van der Waals surface area (Å²) < 4.78 is 7.39. The number of hydrogen-bond donors (Lipinski definition) is 1. The molecule has 0 saturated heterocycles. The number of aromatic nitrogens is 2. The van der Waals surface area contributed by atoms with E-state index in [2.05, 4.69) is 5.10 Å². The fourth-order valence-electron chi connectivity index (χ4n) is 2.48. The van der Waals surface area contributed by atoms with E-state index in [9.17, 15) is 4.79 Å². The number of nitrogens with two attached hydrogens (primary N) is 1. The van der Waals surface area contributed by atoms with E-state index < -0.39 is 5.60 Å². The van der Waals surface area contributed by atoms with Crippen molar-refractivity contribution in [2.24, 2.45) is 7.05 Å². The molecule has 1 aliphatic rings. The summed E-state index contributed by atoms with van der Waals surface area (Å²) in [4.78, 5) is 13.9. The van der Waals surface area contributed by atoms with Gasteiger partial charge in [0.1, 0.15) is 11.6 Å². The molecule has 110 valence electrons. The molecule has 0 aliphatic carbocycles. The number of hydrogen-bond acceptors (Lipinski definition) is 4. The van der Waals surface area contributed by atoms with Gasteiger partial charge >= 0.3 is 0 Å². The van der Waals surface area contributed by atoms with Crippen molar-refractivity contribution in [2.45, 2.75) is 19.4 Å². The normalized spacial score (nSPS) is 16.6. The second-order valence-corrected chi connectivity index (χ2v) is 5.74. The number of likely N-dealkylation sites (N-methyl/N-ethyl adjacent to an activating group) is 1. The first-order valence-corrected chi connectivity index (χ1v) is 6.71. The number of fused-ring (bicyclic) bond motifs is 1. The van der Waals surface area contributed by atoms with Gasteiger partial charge in [0, 0.05) is 25.7 Å². The van der Waals surface area contributed by atoms with E-state index in [0.29, 0.717) is 11.6 Å². The molecule has 2 heterocycles. The zero-order valence-corrected chi connectivity index (χ0v) is 12.5. The molecule has 6 nitrogen and oxygen atoms in total. The summed E-state index contributed by atoms with van der Waals surface area (Å²) in [5, 5.41) is 4.35. The first kappa shape index (κ1) is 13.5. The van der Waals surface area contributed by atoms with Crippen LogP contribution in [0.3, 0.4) is 0 Å². The number of rotatable bonds is 1. The maximum atomic E-state index is 12.3. The molecular formula is C15H18N4O2. The Balaban J connectivity index is 2.08. The van der Waals surface area contributed by atoms with Crippen molar-refractivity contribution >= 4 is 17.4 Å². The van der Waals surface area contributed by atoms with Crippen molar-refractivity contribution in [3.8, 4) is 17.0 Å². The summed E-state index contributed by atoms with van der Waals surface area (Å²) in [6.07, 6.45) is 0. The van der Waals surface area contributed by atoms with E-state index in [1.807, 2.05) is 18.2 Å². The number of ether oxygens (including phenoxy) is 1. The van der Waals surface area contributed by atoms with Gasteiger partial charge in [0.2, 0.25) is 0 Å². The van der Waals surface area contributed by atoms with E-state index >= 15 is 0 Å². The Kier molecular flexibility index (Phi) is 2.73. The van der Waals surface area contributed by atoms with Gasteiger partial charge in [-0.05, 0) is 32.0 Å². The Bertz CT molecular complexity index is 714. The Morgan fingerprint density at radius 2 is 1.95 bits per heavy atom. The minimum atomic E-state index is -0.849. The number of nitrogens with zero attached hydrogens (tertiary/aromatic N) is 3. The van der Waals surface area contributed by atoms with Crippen LogP contribution in [0.1, 0.15) is 13.8 Å². The first-order chi connectivity index (χ1) is 9.79. The fraction of sp³-hybridized carbons (Fsp3) is 0.333. The number of aryl methyl sites for hydroxylation is 1. The highest BCUT2D eigenvalue weighted by Crippen LogP contribution is 2.39. The van der Waals surface area contributed by atoms with E-state index in [-0.39, 0.29) is 5.91 Å². The van der Waals surface area contributed by atoms with Crippen molar-refractivity contribution < 1.29 is 9.53 Å². The van der Waals surface area contributed by atoms with Gasteiger partial charge in [-0.1, -0.05) is 0 Å². The highest BCUT2D eigenvalue weighted by Gasteiger charge is 2.39. The lowest BCUT2D eigenvalue weighted by atomic mass is 10.0. The highest BCUT2D eigenvalue weighted by molar-refractivity contribution is 6.02. The van der Waals surface area contributed by atoms with Crippen LogP contribution in [0.15, 0.2) is 24.3 Å². The monoisotopic (exact) mass is 286 g/mol. The van der Waals surface area contributed by atoms with Crippen LogP contribution in [0, 0.1) is 0 Å². The van der Waals surface area contributed by atoms with Crippen LogP contribution in [0.25, 0.3) is 11.3 Å². The molecule has 0 spiro atoms. The standard InChI is InChI=1S/C15H18N4O2/c1-15(2)14(20)18(3)11-7-9(5-6-12(11)21-15)10-8-13(16)19(4)17-10/h5-8H,16H2,1-4H3. The van der Waals surface area contributed by atoms with Gasteiger partial charge in [0.05, 0.1) is 11.4 Å². The first-order valence-electron chi connectivity index (χ1n) is 6.71. The average Bonchev–Trinajstić information content (AvgIpc) is 2.76. The quantitative estimate of drug-likeness (QED) is 0.867. The number of carbonyl (C=O) groups is 1. The number of nitrogen functional groups attached to an aromatic ring is 1. The van der Waals surface area contributed by atoms with Crippen molar-refractivity contribution in [1.29, 1.82) is 0 Å². The van der Waals surface area contributed by atoms with E-state index in [1.54, 1.807) is 43.6 Å². The molecule has 2 N–H and O–H groups in total. The summed E-state index contributed by atoms with van der Waals surface area (Å²) in [6.45, 7) is 3.53. The largest absolute Gasteiger partial charge is 0.476 e. The van der Waals surface area contributed by atoms with Gasteiger partial charge in [-0.15, -0.1) is 0 Å². The molecular weight excluding hydrogens is 268 g/mol. The van der Waals surface area contributed by atoms with Crippen molar-refractivity contribution in [1.82, 2.24) is 9.78 Å². The second kappa shape index (κ2) is 4.25. The zero-order valence-electron chi connectivity index (χ0n) is 12.5. The number of carbonyl (C=O) groups excluding carboxylic acids is 1. The molecule has 0 bridgehead atoms. The van der Waals surface area contributed by atoms with E-state index in [1.165, 1.54) is 0 Å². The van der Waals surface area contributed by atoms with Crippen LogP contribution in [-0.4, -0.2) is 28.3 Å². The zero-order chi connectivity index (χ0) is 15.4. The maximum Gasteiger partial charge on any atom is 0.270 e. The Morgan fingerprint density at radius 1 is 1.24 bits per heavy atom. The number of benzene rings is 1. The smallest absolute Gasteiger partial charge is 0.270 e. The molecule has 1 aromatic carbocycles. The van der Waals surface area contributed by atoms with E-state index in [4.69, 9.17) is 10.5 Å². The summed E-state index contributed by atoms with van der Waals surface area (Å²) >= 11 is 0. The molecule has 3 rings (SSSR count). The lowest BCUT2D eigenvalue weighted by Crippen LogP contribution is -2.50. The predicted molar refractivity (Wildman–Crippen MR) is 81.2 cm³/mol. The fourth-order valence-corrected chi connectivity index (χ4v) is 2.48. The minimum Gasteiger partial charge on any atom is -0.476 e. The molecule has 1 aromatic heterocycles. The number of anilines is 2. The molecule has 0 radical (unpaired) electrons. The van der Waals surface area contributed by atoms with Gasteiger partial charge in [-0.2, -0.15) is 5.10 Å². The third kappa shape index (κ3) is 2.03. The SMILES string of the molecule is CN1C(=O)C(C)(C)Oc2ccc(-c3cc(N)n(C)n3)cc21. The summed E-state index contributed by atoms with van der Waals surface area (Å²) in [6, 6.07) is 7.47. The third-order valence-electron chi connectivity index (χ3n) is 3.72.